The standard InChI is InChI=1S/C36H39N5O8S/c1-21-9-5-6-12-23(21)17-38-34(46)28-19-50-20-41(28)36(48)31(44)26(15-22-10-3-2-4-11-22)39-33(45)27(16-30(37)43)40-35(47)32-25-14-8-7-13-24(25)29(42)18-49-32/h2-14,26-28,31-32,44H,15-20H2,1H3,(H2,37,43)(H,38,46)(H,39,45)(H,40,47)/t26-,27-,28-,31-,32?/m0/s1. The summed E-state index contributed by atoms with van der Waals surface area (Å²) in [6, 6.07) is 19.3. The maximum atomic E-state index is 13.8. The number of benzene rings is 3. The summed E-state index contributed by atoms with van der Waals surface area (Å²) < 4.78 is 5.49. The van der Waals surface area contributed by atoms with Crippen molar-refractivity contribution < 1.29 is 38.6 Å². The van der Waals surface area contributed by atoms with Crippen LogP contribution in [-0.4, -0.2) is 87.8 Å². The number of nitrogens with two attached hydrogens (primary N) is 1. The van der Waals surface area contributed by atoms with E-state index in [1.807, 2.05) is 31.2 Å². The molecule has 5 atom stereocenters. The first-order chi connectivity index (χ1) is 24.0. The molecule has 0 bridgehead atoms. The highest BCUT2D eigenvalue weighted by Crippen LogP contribution is 2.27. The molecule has 3 aromatic carbocycles. The minimum Gasteiger partial charge on any atom is -0.381 e. The summed E-state index contributed by atoms with van der Waals surface area (Å²) in [5.74, 6) is -3.53. The Kier molecular flexibility index (Phi) is 12.0. The minimum absolute atomic E-state index is 0.00305. The number of carbonyl (C=O) groups is 6. The molecule has 1 fully saturated rings. The number of aliphatic hydroxyl groups is 1. The Morgan fingerprint density at radius 2 is 1.66 bits per heavy atom. The van der Waals surface area contributed by atoms with Gasteiger partial charge >= 0.3 is 0 Å². The molecule has 3 aromatic rings. The monoisotopic (exact) mass is 701 g/mol. The molecule has 262 valence electrons. The number of ether oxygens (including phenoxy) is 1. The molecule has 6 N–H and O–H groups in total. The summed E-state index contributed by atoms with van der Waals surface area (Å²) in [6.45, 7) is 1.85. The molecular weight excluding hydrogens is 662 g/mol. The molecule has 0 spiro atoms. The van der Waals surface area contributed by atoms with Gasteiger partial charge in [0.2, 0.25) is 17.7 Å². The van der Waals surface area contributed by atoms with E-state index in [0.717, 1.165) is 11.1 Å². The molecule has 14 heteroatoms. The summed E-state index contributed by atoms with van der Waals surface area (Å²) >= 11 is 1.36. The number of nitrogens with one attached hydrogen (secondary N) is 3. The van der Waals surface area contributed by atoms with Gasteiger partial charge in [-0.3, -0.25) is 28.8 Å². The highest BCUT2D eigenvalue weighted by molar-refractivity contribution is 7.99. The highest BCUT2D eigenvalue weighted by Gasteiger charge is 2.41. The van der Waals surface area contributed by atoms with E-state index in [1.54, 1.807) is 54.6 Å². The lowest BCUT2D eigenvalue weighted by Gasteiger charge is -2.31. The lowest BCUT2D eigenvalue weighted by atomic mass is 9.96. The van der Waals surface area contributed by atoms with Crippen LogP contribution < -0.4 is 21.7 Å². The van der Waals surface area contributed by atoms with Gasteiger partial charge in [-0.25, -0.2) is 0 Å². The Hall–Kier alpha value is -5.05. The van der Waals surface area contributed by atoms with Gasteiger partial charge in [0.1, 0.15) is 18.7 Å². The zero-order valence-electron chi connectivity index (χ0n) is 27.4. The second-order valence-corrected chi connectivity index (χ2v) is 13.2. The van der Waals surface area contributed by atoms with Crippen molar-refractivity contribution >= 4 is 47.1 Å². The number of Topliss-reactive ketones (excluding diaryl/α,β-unsaturated/α-hetero) is 1. The molecule has 2 heterocycles. The maximum Gasteiger partial charge on any atom is 0.254 e. The molecule has 5 rings (SSSR count). The summed E-state index contributed by atoms with van der Waals surface area (Å²) in [5.41, 5.74) is 8.68. The van der Waals surface area contributed by atoms with Crippen LogP contribution in [0.2, 0.25) is 0 Å². The molecule has 50 heavy (non-hydrogen) atoms. The van der Waals surface area contributed by atoms with Gasteiger partial charge in [-0.1, -0.05) is 78.9 Å². The SMILES string of the molecule is Cc1ccccc1CNC(=O)[C@@H]1CSCN1C(=O)[C@@H](O)[C@H](Cc1ccccc1)NC(=O)[C@H](CC(N)=O)NC(=O)C1OCC(=O)c2ccccc21. The fourth-order valence-electron chi connectivity index (χ4n) is 5.90. The molecule has 2 aliphatic heterocycles. The third-order valence-corrected chi connectivity index (χ3v) is 9.66. The van der Waals surface area contributed by atoms with Gasteiger partial charge < -0.3 is 36.4 Å². The molecule has 0 radical (unpaired) electrons. The average molecular weight is 702 g/mol. The molecular formula is C36H39N5O8S. The van der Waals surface area contributed by atoms with Gasteiger partial charge in [0, 0.05) is 23.4 Å². The van der Waals surface area contributed by atoms with Crippen molar-refractivity contribution in [1.82, 2.24) is 20.9 Å². The van der Waals surface area contributed by atoms with Crippen molar-refractivity contribution in [2.75, 3.05) is 18.2 Å². The van der Waals surface area contributed by atoms with Crippen LogP contribution in [0, 0.1) is 6.92 Å². The number of thioether (sulfide) groups is 1. The van der Waals surface area contributed by atoms with Gasteiger partial charge in [0.15, 0.2) is 18.0 Å². The van der Waals surface area contributed by atoms with Gasteiger partial charge in [0.25, 0.3) is 11.8 Å². The number of amides is 5. The number of nitrogens with zero attached hydrogens (tertiary/aromatic N) is 1. The lowest BCUT2D eigenvalue weighted by Crippen LogP contribution is -2.59. The maximum absolute atomic E-state index is 13.8. The summed E-state index contributed by atoms with van der Waals surface area (Å²) in [6.07, 6.45) is -3.63. The lowest BCUT2D eigenvalue weighted by molar-refractivity contribution is -0.147. The van der Waals surface area contributed by atoms with Gasteiger partial charge in [-0.05, 0) is 30.0 Å². The quantitative estimate of drug-likeness (QED) is 0.172. The first-order valence-corrected chi connectivity index (χ1v) is 17.2. The molecule has 0 aromatic heterocycles. The molecule has 2 aliphatic rings. The van der Waals surface area contributed by atoms with Crippen LogP contribution in [0.3, 0.4) is 0 Å². The second kappa shape index (κ2) is 16.6. The Balaban J connectivity index is 1.32. The predicted octanol–water partition coefficient (Wildman–Crippen LogP) is 0.916. The van der Waals surface area contributed by atoms with Crippen molar-refractivity contribution in [3.8, 4) is 0 Å². The number of primary amides is 1. The molecule has 1 saturated heterocycles. The fourth-order valence-corrected chi connectivity index (χ4v) is 7.07. The van der Waals surface area contributed by atoms with Gasteiger partial charge in [-0.2, -0.15) is 0 Å². The number of fused-ring (bicyclic) bond motifs is 1. The zero-order chi connectivity index (χ0) is 35.8. The smallest absolute Gasteiger partial charge is 0.254 e. The van der Waals surface area contributed by atoms with Crippen LogP contribution in [0.25, 0.3) is 0 Å². The Morgan fingerprint density at radius 3 is 2.40 bits per heavy atom. The summed E-state index contributed by atoms with van der Waals surface area (Å²) in [7, 11) is 0. The number of rotatable bonds is 13. The van der Waals surface area contributed by atoms with Crippen LogP contribution in [0.4, 0.5) is 0 Å². The number of hydrogen-bond acceptors (Lipinski definition) is 9. The number of carbonyl (C=O) groups excluding carboxylic acids is 6. The van der Waals surface area contributed by atoms with E-state index in [1.165, 1.54) is 16.7 Å². The van der Waals surface area contributed by atoms with Crippen molar-refractivity contribution in [3.63, 3.8) is 0 Å². The van der Waals surface area contributed by atoms with E-state index in [0.29, 0.717) is 22.4 Å². The zero-order valence-corrected chi connectivity index (χ0v) is 28.2. The number of aryl methyl sites for hydroxylation is 1. The summed E-state index contributed by atoms with van der Waals surface area (Å²) in [4.78, 5) is 79.8. The minimum atomic E-state index is -1.80. The topological polar surface area (TPSA) is 197 Å². The average Bonchev–Trinajstić information content (AvgIpc) is 3.61. The Bertz CT molecular complexity index is 1750. The predicted molar refractivity (Wildman–Crippen MR) is 184 cm³/mol. The number of hydrogen-bond donors (Lipinski definition) is 5. The van der Waals surface area contributed by atoms with Crippen LogP contribution in [-0.2, 0) is 41.7 Å². The third-order valence-electron chi connectivity index (χ3n) is 8.64. The van der Waals surface area contributed by atoms with Crippen LogP contribution in [0.5, 0.6) is 0 Å². The number of aliphatic hydroxyl groups excluding tert-OH is 1. The molecule has 13 nitrogen and oxygen atoms in total. The van der Waals surface area contributed by atoms with Gasteiger partial charge in [-0.15, -0.1) is 11.8 Å². The van der Waals surface area contributed by atoms with Crippen LogP contribution in [0.1, 0.15) is 45.1 Å². The molecule has 1 unspecified atom stereocenters. The van der Waals surface area contributed by atoms with E-state index in [4.69, 9.17) is 10.5 Å². The van der Waals surface area contributed by atoms with Gasteiger partial charge in [0.05, 0.1) is 18.3 Å². The van der Waals surface area contributed by atoms with E-state index in [2.05, 4.69) is 16.0 Å². The van der Waals surface area contributed by atoms with Crippen molar-refractivity contribution in [2.24, 2.45) is 5.73 Å². The van der Waals surface area contributed by atoms with E-state index in [9.17, 15) is 33.9 Å². The fraction of sp³-hybridized carbons (Fsp3) is 0.333. The first-order valence-electron chi connectivity index (χ1n) is 16.1. The Morgan fingerprint density at radius 1 is 0.960 bits per heavy atom. The highest BCUT2D eigenvalue weighted by atomic mass is 32.2. The van der Waals surface area contributed by atoms with Crippen molar-refractivity contribution in [1.29, 1.82) is 0 Å². The third kappa shape index (κ3) is 8.75. The number of ketones is 1. The van der Waals surface area contributed by atoms with E-state index >= 15 is 0 Å². The largest absolute Gasteiger partial charge is 0.381 e. The second-order valence-electron chi connectivity index (χ2n) is 12.2. The normalized spacial score (nSPS) is 18.7. The van der Waals surface area contributed by atoms with Crippen molar-refractivity contribution in [3.05, 3.63) is 107 Å². The first kappa shape index (κ1) is 36.2. The summed E-state index contributed by atoms with van der Waals surface area (Å²) in [5, 5.41) is 19.5. The molecule has 0 saturated carbocycles. The Labute approximate surface area is 293 Å². The molecule has 5 amide bonds. The van der Waals surface area contributed by atoms with E-state index < -0.39 is 60.4 Å². The molecule has 0 aliphatic carbocycles. The van der Waals surface area contributed by atoms with E-state index in [-0.39, 0.29) is 37.1 Å². The van der Waals surface area contributed by atoms with Crippen molar-refractivity contribution in [2.45, 2.75) is 56.6 Å². The van der Waals surface area contributed by atoms with Crippen LogP contribution in [0.15, 0.2) is 78.9 Å². The van der Waals surface area contributed by atoms with Crippen LogP contribution >= 0.6 is 11.8 Å².